The first-order valence-electron chi connectivity index (χ1n) is 7.18. The fourth-order valence-electron chi connectivity index (χ4n) is 2.27. The van der Waals surface area contributed by atoms with E-state index in [-0.39, 0.29) is 5.56 Å². The molecule has 1 atom stereocenters. The molecule has 0 radical (unpaired) electrons. The summed E-state index contributed by atoms with van der Waals surface area (Å²) in [5.41, 5.74) is 1.03. The summed E-state index contributed by atoms with van der Waals surface area (Å²) in [6, 6.07) is 1.62. The zero-order chi connectivity index (χ0) is 17.4. The molecule has 3 rings (SSSR count). The normalized spacial score (nSPS) is 12.3. The van der Waals surface area contributed by atoms with E-state index in [9.17, 15) is 9.59 Å². The number of pyridine rings is 1. The molecule has 0 aromatic carbocycles. The molecule has 3 heterocycles. The van der Waals surface area contributed by atoms with Crippen molar-refractivity contribution in [2.75, 3.05) is 0 Å². The highest BCUT2D eigenvalue weighted by Gasteiger charge is 2.19. The maximum Gasteiger partial charge on any atom is 0.340 e. The van der Waals surface area contributed by atoms with Crippen molar-refractivity contribution in [3.05, 3.63) is 55.1 Å². The summed E-state index contributed by atoms with van der Waals surface area (Å²) in [5, 5.41) is 0.593. The van der Waals surface area contributed by atoms with Crippen LogP contribution in [0.3, 0.4) is 0 Å². The van der Waals surface area contributed by atoms with Crippen molar-refractivity contribution in [3.8, 4) is 0 Å². The fraction of sp³-hybridized carbons (Fsp3) is 0.250. The average molecular weight is 408 g/mol. The van der Waals surface area contributed by atoms with E-state index in [0.29, 0.717) is 26.1 Å². The number of esters is 1. The largest absolute Gasteiger partial charge is 0.451 e. The highest BCUT2D eigenvalue weighted by atomic mass is 79.9. The van der Waals surface area contributed by atoms with Crippen molar-refractivity contribution < 1.29 is 9.53 Å². The first-order chi connectivity index (χ1) is 11.4. The van der Waals surface area contributed by atoms with Crippen molar-refractivity contribution in [2.45, 2.75) is 26.9 Å². The van der Waals surface area contributed by atoms with Gasteiger partial charge >= 0.3 is 5.97 Å². The number of nitrogens with one attached hydrogen (secondary N) is 1. The van der Waals surface area contributed by atoms with E-state index in [1.165, 1.54) is 17.5 Å². The summed E-state index contributed by atoms with van der Waals surface area (Å²) in [6.45, 7) is 5.51. The van der Waals surface area contributed by atoms with Gasteiger partial charge in [0, 0.05) is 21.7 Å². The Bertz CT molecular complexity index is 996. The Labute approximate surface area is 150 Å². The van der Waals surface area contributed by atoms with E-state index in [1.54, 1.807) is 19.2 Å². The van der Waals surface area contributed by atoms with Gasteiger partial charge in [0.25, 0.3) is 5.56 Å². The van der Waals surface area contributed by atoms with Gasteiger partial charge in [0.15, 0.2) is 11.9 Å². The maximum absolute atomic E-state index is 12.3. The monoisotopic (exact) mass is 407 g/mol. The summed E-state index contributed by atoms with van der Waals surface area (Å²) < 4.78 is 6.07. The molecule has 0 aliphatic heterocycles. The predicted octanol–water partition coefficient (Wildman–Crippen LogP) is 3.68. The minimum atomic E-state index is -0.684. The summed E-state index contributed by atoms with van der Waals surface area (Å²) in [6.07, 6.45) is 2.32. The van der Waals surface area contributed by atoms with Crippen LogP contribution in [0.25, 0.3) is 10.2 Å². The van der Waals surface area contributed by atoms with Crippen LogP contribution in [-0.4, -0.2) is 20.9 Å². The lowest BCUT2D eigenvalue weighted by molar-refractivity contribution is 0.0319. The van der Waals surface area contributed by atoms with E-state index in [2.05, 4.69) is 30.9 Å². The molecule has 6 nitrogen and oxygen atoms in total. The van der Waals surface area contributed by atoms with Gasteiger partial charge in [-0.15, -0.1) is 11.3 Å². The van der Waals surface area contributed by atoms with Crippen molar-refractivity contribution in [1.82, 2.24) is 15.0 Å². The van der Waals surface area contributed by atoms with E-state index in [0.717, 1.165) is 10.4 Å². The molecule has 0 aliphatic rings. The molecule has 124 valence electrons. The van der Waals surface area contributed by atoms with Gasteiger partial charge in [-0.25, -0.2) is 9.78 Å². The Hall–Kier alpha value is -2.06. The number of nitrogens with zero attached hydrogens (tertiary/aromatic N) is 2. The molecule has 0 spiro atoms. The highest BCUT2D eigenvalue weighted by molar-refractivity contribution is 9.10. The second kappa shape index (κ2) is 6.45. The summed E-state index contributed by atoms with van der Waals surface area (Å²) in [5.74, 6) is -0.206. The lowest BCUT2D eigenvalue weighted by Gasteiger charge is -2.12. The first-order valence-corrected chi connectivity index (χ1v) is 8.79. The third-order valence-electron chi connectivity index (χ3n) is 3.67. The zero-order valence-electron chi connectivity index (χ0n) is 13.2. The third kappa shape index (κ3) is 3.11. The average Bonchev–Trinajstić information content (AvgIpc) is 2.82. The van der Waals surface area contributed by atoms with Crippen LogP contribution in [-0.2, 0) is 4.74 Å². The number of thiophene rings is 1. The minimum absolute atomic E-state index is 0.219. The van der Waals surface area contributed by atoms with Crippen molar-refractivity contribution in [2.24, 2.45) is 0 Å². The fourth-order valence-corrected chi connectivity index (χ4v) is 3.67. The number of carbonyl (C=O) groups excluding carboxylic acids is 1. The molecule has 3 aromatic heterocycles. The van der Waals surface area contributed by atoms with Crippen molar-refractivity contribution in [3.63, 3.8) is 0 Å². The van der Waals surface area contributed by atoms with Crippen molar-refractivity contribution >= 4 is 43.5 Å². The molecule has 8 heteroatoms. The van der Waals surface area contributed by atoms with Crippen LogP contribution in [0.5, 0.6) is 0 Å². The van der Waals surface area contributed by atoms with E-state index >= 15 is 0 Å². The zero-order valence-corrected chi connectivity index (χ0v) is 15.6. The van der Waals surface area contributed by atoms with Crippen molar-refractivity contribution in [1.29, 1.82) is 0 Å². The molecule has 3 aromatic rings. The van der Waals surface area contributed by atoms with Crippen LogP contribution in [0.4, 0.5) is 0 Å². The van der Waals surface area contributed by atoms with Gasteiger partial charge in [-0.1, -0.05) is 0 Å². The predicted molar refractivity (Wildman–Crippen MR) is 95.5 cm³/mol. The lowest BCUT2D eigenvalue weighted by Crippen LogP contribution is -2.17. The van der Waals surface area contributed by atoms with Crippen LogP contribution < -0.4 is 5.56 Å². The van der Waals surface area contributed by atoms with Gasteiger partial charge in [0.05, 0.1) is 10.9 Å². The standard InChI is InChI=1S/C16H14BrN3O3S/c1-7-9(3)24-15-12(7)14(21)19-13(20-15)8(2)23-16(22)10-4-11(17)6-18-5-10/h4-6,8H,1-3H3,(H,19,20,21)/t8-/m0/s1. The first kappa shape index (κ1) is 16.8. The number of aryl methyl sites for hydroxylation is 2. The quantitative estimate of drug-likeness (QED) is 0.669. The number of H-pyrrole nitrogens is 1. The number of fused-ring (bicyclic) bond motifs is 1. The van der Waals surface area contributed by atoms with Crippen LogP contribution in [0, 0.1) is 13.8 Å². The molecule has 1 N–H and O–H groups in total. The Kier molecular flexibility index (Phi) is 4.51. The molecule has 0 amide bonds. The lowest BCUT2D eigenvalue weighted by atomic mass is 10.2. The maximum atomic E-state index is 12.3. The Morgan fingerprint density at radius 2 is 2.12 bits per heavy atom. The second-order valence-electron chi connectivity index (χ2n) is 5.35. The van der Waals surface area contributed by atoms with Gasteiger partial charge in [0.2, 0.25) is 0 Å². The van der Waals surface area contributed by atoms with Gasteiger partial charge in [0.1, 0.15) is 4.83 Å². The molecule has 0 aliphatic carbocycles. The summed E-state index contributed by atoms with van der Waals surface area (Å²) in [7, 11) is 0. The topological polar surface area (TPSA) is 84.9 Å². The van der Waals surface area contributed by atoms with E-state index < -0.39 is 12.1 Å². The summed E-state index contributed by atoms with van der Waals surface area (Å²) >= 11 is 4.71. The van der Waals surface area contributed by atoms with E-state index in [4.69, 9.17) is 4.74 Å². The number of rotatable bonds is 3. The number of aromatic amines is 1. The smallest absolute Gasteiger partial charge is 0.340 e. The van der Waals surface area contributed by atoms with Crippen LogP contribution in [0.15, 0.2) is 27.7 Å². The third-order valence-corrected chi connectivity index (χ3v) is 5.20. The van der Waals surface area contributed by atoms with Gasteiger partial charge < -0.3 is 9.72 Å². The van der Waals surface area contributed by atoms with Crippen LogP contribution in [0.2, 0.25) is 0 Å². The molecular weight excluding hydrogens is 394 g/mol. The molecule has 0 saturated heterocycles. The number of halogens is 1. The number of carbonyl (C=O) groups is 1. The second-order valence-corrected chi connectivity index (χ2v) is 7.47. The molecule has 24 heavy (non-hydrogen) atoms. The van der Waals surface area contributed by atoms with Gasteiger partial charge in [-0.2, -0.15) is 0 Å². The molecular formula is C16H14BrN3O3S. The van der Waals surface area contributed by atoms with Gasteiger partial charge in [-0.05, 0) is 48.3 Å². The number of hydrogen-bond acceptors (Lipinski definition) is 6. The van der Waals surface area contributed by atoms with Crippen LogP contribution >= 0.6 is 27.3 Å². The molecule has 0 unspecified atom stereocenters. The Morgan fingerprint density at radius 1 is 1.38 bits per heavy atom. The number of aromatic nitrogens is 3. The number of hydrogen-bond donors (Lipinski definition) is 1. The molecule has 0 bridgehead atoms. The Balaban J connectivity index is 1.90. The van der Waals surface area contributed by atoms with E-state index in [1.807, 2.05) is 13.8 Å². The Morgan fingerprint density at radius 3 is 2.83 bits per heavy atom. The molecule has 0 fully saturated rings. The minimum Gasteiger partial charge on any atom is -0.451 e. The molecule has 0 saturated carbocycles. The summed E-state index contributed by atoms with van der Waals surface area (Å²) in [4.78, 5) is 37.3. The van der Waals surface area contributed by atoms with Crippen LogP contribution in [0.1, 0.15) is 39.7 Å². The number of ether oxygens (including phenoxy) is 1. The highest BCUT2D eigenvalue weighted by Crippen LogP contribution is 2.27. The van der Waals surface area contributed by atoms with Gasteiger partial charge in [-0.3, -0.25) is 9.78 Å². The SMILES string of the molecule is Cc1sc2nc([C@H](C)OC(=O)c3cncc(Br)c3)[nH]c(=O)c2c1C.